The van der Waals surface area contributed by atoms with Gasteiger partial charge in [0, 0.05) is 38.5 Å². The van der Waals surface area contributed by atoms with Crippen LogP contribution in [0.3, 0.4) is 0 Å². The molecule has 0 aromatic heterocycles. The van der Waals surface area contributed by atoms with Crippen molar-refractivity contribution in [2.45, 2.75) is 94.4 Å². The van der Waals surface area contributed by atoms with Gasteiger partial charge in [0.1, 0.15) is 11.5 Å². The molecule has 0 saturated carbocycles. The highest BCUT2D eigenvalue weighted by molar-refractivity contribution is 7.99. The largest absolute Gasteiger partial charge is 0.459 e. The smallest absolute Gasteiger partial charge is 0.348 e. The molecule has 0 amide bonds. The van der Waals surface area contributed by atoms with Crippen molar-refractivity contribution in [1.29, 1.82) is 0 Å². The summed E-state index contributed by atoms with van der Waals surface area (Å²) in [6.45, 7) is 6.97. The second-order valence-corrected chi connectivity index (χ2v) is 12.1. The average molecular weight is 509 g/mol. The summed E-state index contributed by atoms with van der Waals surface area (Å²) in [6, 6.07) is 21.3. The lowest BCUT2D eigenvalue weighted by molar-refractivity contribution is -0.956. The van der Waals surface area contributed by atoms with E-state index in [4.69, 9.17) is 9.47 Å². The highest BCUT2D eigenvalue weighted by Gasteiger charge is 2.57. The highest BCUT2D eigenvalue weighted by Crippen LogP contribution is 2.47. The van der Waals surface area contributed by atoms with E-state index in [1.165, 1.54) is 43.3 Å². The van der Waals surface area contributed by atoms with Crippen molar-refractivity contribution in [3.05, 3.63) is 71.8 Å². The van der Waals surface area contributed by atoms with E-state index in [0.717, 1.165) is 42.6 Å². The molecule has 4 nitrogen and oxygen atoms in total. The number of hydrogen-bond donors (Lipinski definition) is 0. The summed E-state index contributed by atoms with van der Waals surface area (Å²) in [5.74, 6) is 0.744. The molecule has 1 spiro atoms. The molecule has 0 radical (unpaired) electrons. The van der Waals surface area contributed by atoms with Crippen LogP contribution in [-0.2, 0) is 19.9 Å². The molecule has 3 unspecified atom stereocenters. The fourth-order valence-electron chi connectivity index (χ4n) is 7.15. The van der Waals surface area contributed by atoms with E-state index in [1.807, 2.05) is 60.7 Å². The number of thioether (sulfide) groups is 1. The van der Waals surface area contributed by atoms with E-state index >= 15 is 0 Å². The van der Waals surface area contributed by atoms with Gasteiger partial charge in [-0.1, -0.05) is 74.5 Å². The number of carbonyl (C=O) groups excluding carboxylic acids is 1. The first-order valence-corrected chi connectivity index (χ1v) is 15.1. The Morgan fingerprint density at radius 2 is 1.50 bits per heavy atom. The monoisotopic (exact) mass is 508 g/mol. The molecule has 194 valence electrons. The maximum absolute atomic E-state index is 14.4. The molecule has 2 aromatic carbocycles. The summed E-state index contributed by atoms with van der Waals surface area (Å²) in [5.41, 5.74) is 0.316. The Balaban J connectivity index is 1.47. The van der Waals surface area contributed by atoms with Gasteiger partial charge in [0.2, 0.25) is 5.60 Å². The molecule has 3 aliphatic rings. The van der Waals surface area contributed by atoms with Gasteiger partial charge in [0.05, 0.1) is 25.2 Å². The minimum Gasteiger partial charge on any atom is -0.459 e. The Labute approximate surface area is 221 Å². The Morgan fingerprint density at radius 3 is 2.00 bits per heavy atom. The van der Waals surface area contributed by atoms with E-state index in [-0.39, 0.29) is 17.5 Å². The first kappa shape index (κ1) is 25.8. The minimum absolute atomic E-state index is 0.0295. The summed E-state index contributed by atoms with van der Waals surface area (Å²) in [6.07, 6.45) is 9.11. The third-order valence-electron chi connectivity index (χ3n) is 8.83. The highest BCUT2D eigenvalue weighted by atomic mass is 32.2. The standard InChI is InChI=1S/C31H42NO3S/c1-3-21-36-29(4-2)35-31(24-13-7-5-8-14-24,25-15-9-6-10-16-25)30(33)34-28-22-26-17-18-27(23-28)32(26)19-11-12-20-32/h5-10,13-16,26-29H,3-4,11-12,17-23H2,1-2H3/q+1. The Kier molecular flexibility index (Phi) is 8.09. The predicted molar refractivity (Wildman–Crippen MR) is 147 cm³/mol. The third-order valence-corrected chi connectivity index (χ3v) is 10.3. The van der Waals surface area contributed by atoms with Crippen LogP contribution < -0.4 is 0 Å². The first-order valence-electron chi connectivity index (χ1n) is 14.1. The quantitative estimate of drug-likeness (QED) is 0.204. The van der Waals surface area contributed by atoms with Crippen molar-refractivity contribution in [2.24, 2.45) is 0 Å². The number of benzene rings is 2. The SMILES string of the molecule is CCCSC(CC)OC(C(=O)OC1CC2CCC(C1)[N+]21CCCC1)(c1ccccc1)c1ccccc1. The summed E-state index contributed by atoms with van der Waals surface area (Å²) in [4.78, 5) is 14.4. The fourth-order valence-corrected chi connectivity index (χ4v) is 8.10. The van der Waals surface area contributed by atoms with E-state index in [1.54, 1.807) is 11.8 Å². The molecule has 3 heterocycles. The predicted octanol–water partition coefficient (Wildman–Crippen LogP) is 6.67. The zero-order valence-electron chi connectivity index (χ0n) is 21.9. The number of rotatable bonds is 10. The molecule has 3 atom stereocenters. The second kappa shape index (κ2) is 11.3. The fraction of sp³-hybridized carbons (Fsp3) is 0.581. The van der Waals surface area contributed by atoms with Crippen LogP contribution in [0.15, 0.2) is 60.7 Å². The number of carbonyl (C=O) groups is 1. The molecule has 5 heteroatoms. The van der Waals surface area contributed by atoms with Crippen molar-refractivity contribution in [3.8, 4) is 0 Å². The maximum Gasteiger partial charge on any atom is 0.348 e. The number of quaternary nitrogens is 1. The molecule has 2 aromatic rings. The number of esters is 1. The molecule has 0 N–H and O–H groups in total. The Hall–Kier alpha value is -1.82. The van der Waals surface area contributed by atoms with Gasteiger partial charge in [-0.3, -0.25) is 0 Å². The van der Waals surface area contributed by atoms with Crippen molar-refractivity contribution in [2.75, 3.05) is 18.8 Å². The zero-order valence-corrected chi connectivity index (χ0v) is 22.8. The second-order valence-electron chi connectivity index (χ2n) is 10.9. The van der Waals surface area contributed by atoms with Crippen LogP contribution in [0.25, 0.3) is 0 Å². The maximum atomic E-state index is 14.4. The van der Waals surface area contributed by atoms with Crippen molar-refractivity contribution < 1.29 is 18.8 Å². The van der Waals surface area contributed by atoms with Gasteiger partial charge in [0.15, 0.2) is 0 Å². The van der Waals surface area contributed by atoms with Crippen LogP contribution >= 0.6 is 11.8 Å². The topological polar surface area (TPSA) is 35.5 Å². The minimum atomic E-state index is -1.28. The van der Waals surface area contributed by atoms with Crippen molar-refractivity contribution in [3.63, 3.8) is 0 Å². The molecular weight excluding hydrogens is 466 g/mol. The number of piperidine rings is 1. The van der Waals surface area contributed by atoms with Gasteiger partial charge in [-0.25, -0.2) is 4.79 Å². The molecule has 5 rings (SSSR count). The molecule has 2 bridgehead atoms. The van der Waals surface area contributed by atoms with Crippen LogP contribution in [0.5, 0.6) is 0 Å². The Bertz CT molecular complexity index is 936. The van der Waals surface area contributed by atoms with Gasteiger partial charge >= 0.3 is 5.97 Å². The summed E-state index contributed by atoms with van der Waals surface area (Å²) >= 11 is 1.79. The van der Waals surface area contributed by atoms with Crippen LogP contribution in [0.2, 0.25) is 0 Å². The first-order chi connectivity index (χ1) is 17.6. The van der Waals surface area contributed by atoms with E-state index in [9.17, 15) is 4.79 Å². The molecule has 3 fully saturated rings. The van der Waals surface area contributed by atoms with Gasteiger partial charge in [-0.2, -0.15) is 0 Å². The summed E-state index contributed by atoms with van der Waals surface area (Å²) < 4.78 is 14.7. The number of nitrogens with zero attached hydrogens (tertiary/aromatic N) is 1. The van der Waals surface area contributed by atoms with Crippen LogP contribution in [0, 0.1) is 0 Å². The van der Waals surface area contributed by atoms with Crippen LogP contribution in [0.1, 0.15) is 76.3 Å². The van der Waals surface area contributed by atoms with E-state index in [2.05, 4.69) is 13.8 Å². The number of ether oxygens (including phenoxy) is 2. The van der Waals surface area contributed by atoms with Crippen LogP contribution in [0.4, 0.5) is 0 Å². The van der Waals surface area contributed by atoms with E-state index < -0.39 is 5.60 Å². The van der Waals surface area contributed by atoms with Gasteiger partial charge in [-0.05, 0) is 29.7 Å². The lowest BCUT2D eigenvalue weighted by Gasteiger charge is -2.47. The molecule has 0 aliphatic carbocycles. The van der Waals surface area contributed by atoms with Crippen molar-refractivity contribution >= 4 is 17.7 Å². The molecule has 36 heavy (non-hydrogen) atoms. The molecule has 3 saturated heterocycles. The average Bonchev–Trinajstić information content (AvgIpc) is 3.46. The molecule has 3 aliphatic heterocycles. The third kappa shape index (κ3) is 4.75. The lowest BCUT2D eigenvalue weighted by Crippen LogP contribution is -2.60. The van der Waals surface area contributed by atoms with Gasteiger partial charge in [-0.15, -0.1) is 11.8 Å². The Morgan fingerprint density at radius 1 is 0.944 bits per heavy atom. The van der Waals surface area contributed by atoms with Gasteiger partial charge in [0.25, 0.3) is 0 Å². The zero-order chi connectivity index (χ0) is 25.0. The van der Waals surface area contributed by atoms with E-state index in [0.29, 0.717) is 12.1 Å². The van der Waals surface area contributed by atoms with Crippen LogP contribution in [-0.4, -0.2) is 52.9 Å². The normalized spacial score (nSPS) is 25.7. The number of hydrogen-bond acceptors (Lipinski definition) is 4. The lowest BCUT2D eigenvalue weighted by atomic mass is 9.85. The van der Waals surface area contributed by atoms with Crippen molar-refractivity contribution in [1.82, 2.24) is 0 Å². The molecular formula is C31H42NO3S+. The summed E-state index contributed by atoms with van der Waals surface area (Å²) in [7, 11) is 0. The van der Waals surface area contributed by atoms with Gasteiger partial charge < -0.3 is 14.0 Å². The summed E-state index contributed by atoms with van der Waals surface area (Å²) in [5, 5.41) is 0.